The van der Waals surface area contributed by atoms with Crippen LogP contribution in [0.5, 0.6) is 5.75 Å². The van der Waals surface area contributed by atoms with Crippen LogP contribution < -0.4 is 10.1 Å². The quantitative estimate of drug-likeness (QED) is 0.680. The number of Topliss-reactive ketones (excluding diaryl/α,β-unsaturated/α-hetero) is 1. The van der Waals surface area contributed by atoms with E-state index in [4.69, 9.17) is 11.6 Å². The molecule has 0 fully saturated rings. The zero-order valence-corrected chi connectivity index (χ0v) is 14.3. The summed E-state index contributed by atoms with van der Waals surface area (Å²) < 4.78 is 41.5. The summed E-state index contributed by atoms with van der Waals surface area (Å²) in [6.45, 7) is -1.41. The summed E-state index contributed by atoms with van der Waals surface area (Å²) in [6.07, 6.45) is -4.49. The molecular weight excluding hydrogens is 379 g/mol. The Morgan fingerprint density at radius 1 is 1.16 bits per heavy atom. The van der Waals surface area contributed by atoms with Gasteiger partial charge in [0.05, 0.1) is 9.21 Å². The first-order chi connectivity index (χ1) is 11.7. The predicted octanol–water partition coefficient (Wildman–Crippen LogP) is 4.94. The Bertz CT molecular complexity index is 761. The van der Waals surface area contributed by atoms with Crippen molar-refractivity contribution in [1.29, 1.82) is 0 Å². The van der Waals surface area contributed by atoms with E-state index in [0.29, 0.717) is 9.21 Å². The van der Waals surface area contributed by atoms with Gasteiger partial charge in [0.25, 0.3) is 0 Å². The van der Waals surface area contributed by atoms with Crippen molar-refractivity contribution in [3.63, 3.8) is 0 Å². The third-order valence-electron chi connectivity index (χ3n) is 2.95. The average molecular weight is 392 g/mol. The van der Waals surface area contributed by atoms with Crippen molar-refractivity contribution in [2.24, 2.45) is 0 Å². The number of benzene rings is 1. The van der Waals surface area contributed by atoms with Crippen molar-refractivity contribution < 1.29 is 27.5 Å². The number of alkyl halides is 3. The highest BCUT2D eigenvalue weighted by atomic mass is 35.5. The molecule has 1 amide bonds. The Kier molecular flexibility index (Phi) is 6.44. The van der Waals surface area contributed by atoms with Crippen LogP contribution in [0, 0.1) is 0 Å². The third kappa shape index (κ3) is 6.75. The number of rotatable bonds is 7. The van der Waals surface area contributed by atoms with Crippen molar-refractivity contribution >= 4 is 40.3 Å². The van der Waals surface area contributed by atoms with Crippen molar-refractivity contribution in [2.45, 2.75) is 19.0 Å². The maximum absolute atomic E-state index is 12.1. The molecule has 0 saturated carbocycles. The fourth-order valence-electron chi connectivity index (χ4n) is 1.87. The van der Waals surface area contributed by atoms with Gasteiger partial charge in [-0.2, -0.15) is 13.2 Å². The summed E-state index contributed by atoms with van der Waals surface area (Å²) in [5, 5.41) is 2.52. The van der Waals surface area contributed by atoms with Gasteiger partial charge in [-0.1, -0.05) is 17.7 Å². The standard InChI is InChI=1S/C16H13ClF3NO3S/c17-14-6-5-13(25-14)12(22)4-7-15(23)21-10-2-1-3-11(8-10)24-9-16(18,19)20/h1-3,5-6,8H,4,7,9H2,(H,21,23). The normalized spacial score (nSPS) is 11.2. The van der Waals surface area contributed by atoms with Crippen LogP contribution in [-0.4, -0.2) is 24.5 Å². The first kappa shape index (κ1) is 19.3. The van der Waals surface area contributed by atoms with E-state index in [0.717, 1.165) is 11.3 Å². The molecular formula is C16H13ClF3NO3S. The van der Waals surface area contributed by atoms with E-state index in [1.807, 2.05) is 0 Å². The Balaban J connectivity index is 1.84. The second-order valence-corrected chi connectivity index (χ2v) is 6.72. The Morgan fingerprint density at radius 2 is 1.92 bits per heavy atom. The molecule has 0 radical (unpaired) electrons. The molecule has 9 heteroatoms. The van der Waals surface area contributed by atoms with Gasteiger partial charge < -0.3 is 10.1 Å². The summed E-state index contributed by atoms with van der Waals surface area (Å²) in [7, 11) is 0. The molecule has 2 aromatic rings. The Morgan fingerprint density at radius 3 is 2.56 bits per heavy atom. The average Bonchev–Trinajstić information content (AvgIpc) is 2.97. The maximum atomic E-state index is 12.1. The lowest BCUT2D eigenvalue weighted by Gasteiger charge is -2.10. The van der Waals surface area contributed by atoms with E-state index in [1.165, 1.54) is 24.3 Å². The number of carbonyl (C=O) groups is 2. The van der Waals surface area contributed by atoms with Crippen molar-refractivity contribution in [2.75, 3.05) is 11.9 Å². The van der Waals surface area contributed by atoms with Crippen LogP contribution in [0.4, 0.5) is 18.9 Å². The van der Waals surface area contributed by atoms with Crippen molar-refractivity contribution in [1.82, 2.24) is 0 Å². The first-order valence-electron chi connectivity index (χ1n) is 7.11. The van der Waals surface area contributed by atoms with Crippen molar-refractivity contribution in [3.8, 4) is 5.75 Å². The van der Waals surface area contributed by atoms with E-state index in [2.05, 4.69) is 10.1 Å². The summed E-state index contributed by atoms with van der Waals surface area (Å²) in [5.74, 6) is -0.641. The highest BCUT2D eigenvalue weighted by Gasteiger charge is 2.28. The summed E-state index contributed by atoms with van der Waals surface area (Å²) >= 11 is 6.88. The van der Waals surface area contributed by atoms with Crippen LogP contribution in [-0.2, 0) is 4.79 Å². The molecule has 0 spiro atoms. The van der Waals surface area contributed by atoms with E-state index >= 15 is 0 Å². The molecule has 0 aliphatic carbocycles. The topological polar surface area (TPSA) is 55.4 Å². The SMILES string of the molecule is O=C(CCC(=O)c1ccc(Cl)s1)Nc1cccc(OCC(F)(F)F)c1. The molecule has 25 heavy (non-hydrogen) atoms. The van der Waals surface area contributed by atoms with Crippen molar-refractivity contribution in [3.05, 3.63) is 45.6 Å². The van der Waals surface area contributed by atoms with E-state index < -0.39 is 18.7 Å². The third-order valence-corrected chi connectivity index (χ3v) is 4.22. The van der Waals surface area contributed by atoms with Gasteiger partial charge in [-0.25, -0.2) is 0 Å². The molecule has 1 aromatic heterocycles. The van der Waals surface area contributed by atoms with Gasteiger partial charge in [0.15, 0.2) is 12.4 Å². The molecule has 4 nitrogen and oxygen atoms in total. The fraction of sp³-hybridized carbons (Fsp3) is 0.250. The minimum absolute atomic E-state index is 0.00688. The van der Waals surface area contributed by atoms with Gasteiger partial charge in [-0.15, -0.1) is 11.3 Å². The second-order valence-electron chi connectivity index (χ2n) is 5.01. The van der Waals surface area contributed by atoms with Gasteiger partial charge in [0.1, 0.15) is 5.75 Å². The number of ether oxygens (including phenoxy) is 1. The van der Waals surface area contributed by atoms with Gasteiger partial charge in [-0.05, 0) is 24.3 Å². The smallest absolute Gasteiger partial charge is 0.422 e. The molecule has 1 aromatic carbocycles. The van der Waals surface area contributed by atoms with Crippen LogP contribution in [0.1, 0.15) is 22.5 Å². The summed E-state index contributed by atoms with van der Waals surface area (Å²) in [6, 6.07) is 8.80. The van der Waals surface area contributed by atoms with E-state index in [1.54, 1.807) is 12.1 Å². The fourth-order valence-corrected chi connectivity index (χ4v) is 2.88. The predicted molar refractivity (Wildman–Crippen MR) is 89.5 cm³/mol. The number of carbonyl (C=O) groups excluding carboxylic acids is 2. The highest BCUT2D eigenvalue weighted by Crippen LogP contribution is 2.24. The number of hydrogen-bond donors (Lipinski definition) is 1. The number of hydrogen-bond acceptors (Lipinski definition) is 4. The van der Waals surface area contributed by atoms with Crippen LogP contribution in [0.25, 0.3) is 0 Å². The lowest BCUT2D eigenvalue weighted by molar-refractivity contribution is -0.153. The number of amides is 1. The summed E-state index contributed by atoms with van der Waals surface area (Å²) in [5.41, 5.74) is 0.288. The molecule has 0 bridgehead atoms. The second kappa shape index (κ2) is 8.35. The first-order valence-corrected chi connectivity index (χ1v) is 8.30. The van der Waals surface area contributed by atoms with Crippen LogP contribution in [0.2, 0.25) is 4.34 Å². The van der Waals surface area contributed by atoms with Gasteiger partial charge in [0.2, 0.25) is 5.91 Å². The van der Waals surface area contributed by atoms with Crippen LogP contribution in [0.15, 0.2) is 36.4 Å². The number of thiophene rings is 1. The molecule has 0 atom stereocenters. The zero-order chi connectivity index (χ0) is 18.4. The number of anilines is 1. The van der Waals surface area contributed by atoms with Gasteiger partial charge >= 0.3 is 6.18 Å². The lowest BCUT2D eigenvalue weighted by atomic mass is 10.2. The molecule has 1 heterocycles. The minimum Gasteiger partial charge on any atom is -0.484 e. The van der Waals surface area contributed by atoms with E-state index in [-0.39, 0.29) is 30.1 Å². The molecule has 0 unspecified atom stereocenters. The molecule has 0 saturated heterocycles. The number of halogens is 4. The Hall–Kier alpha value is -2.06. The molecule has 0 aliphatic rings. The molecule has 2 rings (SSSR count). The zero-order valence-electron chi connectivity index (χ0n) is 12.7. The summed E-state index contributed by atoms with van der Waals surface area (Å²) in [4.78, 5) is 24.2. The Labute approximate surface area is 150 Å². The lowest BCUT2D eigenvalue weighted by Crippen LogP contribution is -2.19. The monoisotopic (exact) mass is 391 g/mol. The highest BCUT2D eigenvalue weighted by molar-refractivity contribution is 7.18. The number of ketones is 1. The number of nitrogens with one attached hydrogen (secondary N) is 1. The molecule has 134 valence electrons. The van der Waals surface area contributed by atoms with E-state index in [9.17, 15) is 22.8 Å². The molecule has 1 N–H and O–H groups in total. The minimum atomic E-state index is -4.44. The van der Waals surface area contributed by atoms with Crippen LogP contribution >= 0.6 is 22.9 Å². The van der Waals surface area contributed by atoms with Crippen LogP contribution in [0.3, 0.4) is 0 Å². The molecule has 0 aliphatic heterocycles. The van der Waals surface area contributed by atoms with Gasteiger partial charge in [0, 0.05) is 24.6 Å². The largest absolute Gasteiger partial charge is 0.484 e. The maximum Gasteiger partial charge on any atom is 0.422 e. The van der Waals surface area contributed by atoms with Gasteiger partial charge in [-0.3, -0.25) is 9.59 Å².